The molecule has 8 nitrogen and oxygen atoms in total. The van der Waals surface area contributed by atoms with E-state index in [2.05, 4.69) is 30.2 Å². The fourth-order valence-electron chi connectivity index (χ4n) is 2.72. The normalized spacial score (nSPS) is 14.2. The molecule has 0 spiro atoms. The van der Waals surface area contributed by atoms with Gasteiger partial charge in [-0.1, -0.05) is 37.7 Å². The van der Waals surface area contributed by atoms with E-state index in [1.54, 1.807) is 18.5 Å². The van der Waals surface area contributed by atoms with Gasteiger partial charge in [-0.05, 0) is 25.0 Å². The van der Waals surface area contributed by atoms with Gasteiger partial charge in [-0.2, -0.15) is 0 Å². The van der Waals surface area contributed by atoms with Crippen LogP contribution >= 0.6 is 11.8 Å². The third-order valence-corrected chi connectivity index (χ3v) is 5.31. The van der Waals surface area contributed by atoms with Gasteiger partial charge >= 0.3 is 0 Å². The molecule has 0 aliphatic heterocycles. The molecule has 1 fully saturated rings. The smallest absolute Gasteiger partial charge is 0.237 e. The van der Waals surface area contributed by atoms with Gasteiger partial charge in [-0.3, -0.25) is 19.7 Å². The predicted molar refractivity (Wildman–Crippen MR) is 106 cm³/mol. The topological polar surface area (TPSA) is 98.7 Å². The van der Waals surface area contributed by atoms with Gasteiger partial charge in [0.1, 0.15) is 0 Å². The molecule has 0 atom stereocenters. The average Bonchev–Trinajstić information content (AvgIpc) is 3.22. The van der Waals surface area contributed by atoms with E-state index in [0.29, 0.717) is 11.9 Å². The van der Waals surface area contributed by atoms with Crippen LogP contribution in [0.3, 0.4) is 0 Å². The molecular formula is C19H22N6O2S. The SMILES string of the molecule is CC(C)(C)c1cc(NC(=O)CSc2nnc(-c3cccnc3)n2C2CC2)on1. The van der Waals surface area contributed by atoms with Crippen molar-refractivity contribution in [2.75, 3.05) is 11.1 Å². The number of hydrogen-bond donors (Lipinski definition) is 1. The minimum atomic E-state index is -0.171. The number of hydrogen-bond acceptors (Lipinski definition) is 7. The quantitative estimate of drug-likeness (QED) is 0.632. The third-order valence-electron chi connectivity index (χ3n) is 4.37. The number of pyridine rings is 1. The summed E-state index contributed by atoms with van der Waals surface area (Å²) in [5.41, 5.74) is 1.59. The molecule has 0 bridgehead atoms. The monoisotopic (exact) mass is 398 g/mol. The summed E-state index contributed by atoms with van der Waals surface area (Å²) in [5.74, 6) is 1.19. The molecule has 0 radical (unpaired) electrons. The standard InChI is InChI=1S/C19H22N6O2S/c1-19(2,3)14-9-16(27-24-14)21-15(26)11-28-18-23-22-17(25(18)13-6-7-13)12-5-4-8-20-10-12/h4-5,8-10,13H,6-7,11H2,1-3H3,(H,21,26). The van der Waals surface area contributed by atoms with Crippen LogP contribution < -0.4 is 5.32 Å². The first-order valence-electron chi connectivity index (χ1n) is 9.17. The maximum Gasteiger partial charge on any atom is 0.237 e. The lowest BCUT2D eigenvalue weighted by Crippen LogP contribution is -2.14. The fourth-order valence-corrected chi connectivity index (χ4v) is 3.53. The summed E-state index contributed by atoms with van der Waals surface area (Å²) in [4.78, 5) is 16.5. The van der Waals surface area contributed by atoms with Crippen LogP contribution in [0, 0.1) is 0 Å². The Bertz CT molecular complexity index is 972. The Balaban J connectivity index is 1.43. The molecule has 0 aromatic carbocycles. The maximum atomic E-state index is 12.3. The first-order valence-corrected chi connectivity index (χ1v) is 10.2. The van der Waals surface area contributed by atoms with Crippen molar-refractivity contribution in [3.63, 3.8) is 0 Å². The highest BCUT2D eigenvalue weighted by Gasteiger charge is 2.30. The molecule has 3 aromatic rings. The van der Waals surface area contributed by atoms with Gasteiger partial charge in [0.05, 0.1) is 11.4 Å². The number of rotatable bonds is 6. The largest absolute Gasteiger partial charge is 0.338 e. The molecule has 0 saturated heterocycles. The Kier molecular flexibility index (Phi) is 4.92. The number of carbonyl (C=O) groups is 1. The van der Waals surface area contributed by atoms with Crippen molar-refractivity contribution < 1.29 is 9.32 Å². The Morgan fingerprint density at radius 3 is 2.82 bits per heavy atom. The molecule has 9 heteroatoms. The highest BCUT2D eigenvalue weighted by atomic mass is 32.2. The van der Waals surface area contributed by atoms with E-state index in [4.69, 9.17) is 4.52 Å². The Morgan fingerprint density at radius 2 is 2.18 bits per heavy atom. The molecule has 1 saturated carbocycles. The van der Waals surface area contributed by atoms with Crippen molar-refractivity contribution in [1.82, 2.24) is 24.9 Å². The average molecular weight is 398 g/mol. The number of amides is 1. The molecule has 146 valence electrons. The molecule has 3 heterocycles. The highest BCUT2D eigenvalue weighted by molar-refractivity contribution is 7.99. The van der Waals surface area contributed by atoms with E-state index in [9.17, 15) is 4.79 Å². The molecular weight excluding hydrogens is 376 g/mol. The molecule has 4 rings (SSSR count). The molecule has 1 aliphatic rings. The second-order valence-corrected chi connectivity index (χ2v) is 8.75. The summed E-state index contributed by atoms with van der Waals surface area (Å²) in [6.45, 7) is 6.12. The Hall–Kier alpha value is -2.68. The van der Waals surface area contributed by atoms with Crippen LogP contribution in [0.2, 0.25) is 0 Å². The van der Waals surface area contributed by atoms with Crippen molar-refractivity contribution in [2.24, 2.45) is 0 Å². The summed E-state index contributed by atoms with van der Waals surface area (Å²) in [6, 6.07) is 5.99. The van der Waals surface area contributed by atoms with E-state index in [0.717, 1.165) is 35.1 Å². The van der Waals surface area contributed by atoms with E-state index < -0.39 is 0 Å². The summed E-state index contributed by atoms with van der Waals surface area (Å²) < 4.78 is 7.33. The zero-order chi connectivity index (χ0) is 19.7. The predicted octanol–water partition coefficient (Wildman–Crippen LogP) is 3.69. The summed E-state index contributed by atoms with van der Waals surface area (Å²) in [6.07, 6.45) is 5.70. The summed E-state index contributed by atoms with van der Waals surface area (Å²) >= 11 is 1.37. The van der Waals surface area contributed by atoms with E-state index in [1.165, 1.54) is 11.8 Å². The van der Waals surface area contributed by atoms with Gasteiger partial charge in [0, 0.05) is 35.5 Å². The molecule has 0 unspecified atom stereocenters. The van der Waals surface area contributed by atoms with Crippen LogP contribution in [0.25, 0.3) is 11.4 Å². The lowest BCUT2D eigenvalue weighted by molar-refractivity contribution is -0.113. The maximum absolute atomic E-state index is 12.3. The minimum absolute atomic E-state index is 0.134. The van der Waals surface area contributed by atoms with Crippen LogP contribution in [0.15, 0.2) is 40.3 Å². The number of nitrogens with zero attached hydrogens (tertiary/aromatic N) is 5. The fraction of sp³-hybridized carbons (Fsp3) is 0.421. The highest BCUT2D eigenvalue weighted by Crippen LogP contribution is 2.40. The molecule has 1 N–H and O–H groups in total. The second kappa shape index (κ2) is 7.38. The van der Waals surface area contributed by atoms with Gasteiger partial charge in [0.2, 0.25) is 11.8 Å². The van der Waals surface area contributed by atoms with Crippen LogP contribution in [0.5, 0.6) is 0 Å². The number of nitrogens with one attached hydrogen (secondary N) is 1. The molecule has 1 aliphatic carbocycles. The third kappa shape index (κ3) is 4.09. The van der Waals surface area contributed by atoms with Gasteiger partial charge in [-0.25, -0.2) is 0 Å². The zero-order valence-corrected chi connectivity index (χ0v) is 16.9. The molecule has 28 heavy (non-hydrogen) atoms. The van der Waals surface area contributed by atoms with E-state index in [-0.39, 0.29) is 17.1 Å². The lowest BCUT2D eigenvalue weighted by atomic mass is 9.92. The van der Waals surface area contributed by atoms with Crippen LogP contribution in [-0.4, -0.2) is 36.6 Å². The lowest BCUT2D eigenvalue weighted by Gasteiger charge is -2.12. The minimum Gasteiger partial charge on any atom is -0.338 e. The second-order valence-electron chi connectivity index (χ2n) is 7.81. The van der Waals surface area contributed by atoms with Crippen molar-refractivity contribution in [3.05, 3.63) is 36.3 Å². The van der Waals surface area contributed by atoms with E-state index >= 15 is 0 Å². The first kappa shape index (κ1) is 18.7. The van der Waals surface area contributed by atoms with Crippen molar-refractivity contribution in [3.8, 4) is 11.4 Å². The zero-order valence-electron chi connectivity index (χ0n) is 16.0. The number of carbonyl (C=O) groups excluding carboxylic acids is 1. The van der Waals surface area contributed by atoms with E-state index in [1.807, 2.05) is 32.9 Å². The summed E-state index contributed by atoms with van der Waals surface area (Å²) in [7, 11) is 0. The van der Waals surface area contributed by atoms with Gasteiger partial charge in [0.15, 0.2) is 11.0 Å². The molecule has 3 aromatic heterocycles. The van der Waals surface area contributed by atoms with Crippen LogP contribution in [0.4, 0.5) is 5.88 Å². The molecule has 1 amide bonds. The van der Waals surface area contributed by atoms with Crippen LogP contribution in [0.1, 0.15) is 45.3 Å². The summed E-state index contributed by atoms with van der Waals surface area (Å²) in [5, 5.41) is 16.1. The number of thioether (sulfide) groups is 1. The van der Waals surface area contributed by atoms with Gasteiger partial charge in [-0.15, -0.1) is 10.2 Å². The number of aromatic nitrogens is 5. The van der Waals surface area contributed by atoms with Gasteiger partial charge in [0.25, 0.3) is 0 Å². The Morgan fingerprint density at radius 1 is 1.36 bits per heavy atom. The van der Waals surface area contributed by atoms with Crippen molar-refractivity contribution in [2.45, 2.75) is 50.2 Å². The Labute approximate surface area is 167 Å². The van der Waals surface area contributed by atoms with Crippen LogP contribution in [-0.2, 0) is 10.2 Å². The number of anilines is 1. The van der Waals surface area contributed by atoms with Crippen molar-refractivity contribution in [1.29, 1.82) is 0 Å². The van der Waals surface area contributed by atoms with Gasteiger partial charge < -0.3 is 4.52 Å². The van der Waals surface area contributed by atoms with Crippen molar-refractivity contribution >= 4 is 23.6 Å². The first-order chi connectivity index (χ1) is 13.4.